The van der Waals surface area contributed by atoms with E-state index in [2.05, 4.69) is 10.3 Å². The van der Waals surface area contributed by atoms with Gasteiger partial charge in [0.2, 0.25) is 0 Å². The lowest BCUT2D eigenvalue weighted by Crippen LogP contribution is -2.27. The van der Waals surface area contributed by atoms with Crippen molar-refractivity contribution in [3.63, 3.8) is 0 Å². The molecular weight excluding hydrogens is 256 g/mol. The van der Waals surface area contributed by atoms with Crippen molar-refractivity contribution in [1.82, 2.24) is 4.98 Å². The number of carbonyl (C=O) groups excluding carboxylic acids is 2. The van der Waals surface area contributed by atoms with Crippen molar-refractivity contribution in [3.8, 4) is 0 Å². The molecule has 0 aliphatic carbocycles. The van der Waals surface area contributed by atoms with Gasteiger partial charge in [0, 0.05) is 17.6 Å². The number of aldehydes is 1. The predicted octanol–water partition coefficient (Wildman–Crippen LogP) is 2.98. The van der Waals surface area contributed by atoms with Crippen molar-refractivity contribution in [1.29, 1.82) is 0 Å². The van der Waals surface area contributed by atoms with Gasteiger partial charge in [0.25, 0.3) is 0 Å². The maximum Gasteiger partial charge on any atom is 0.412 e. The van der Waals surface area contributed by atoms with Crippen molar-refractivity contribution in [2.45, 2.75) is 32.3 Å². The second-order valence-electron chi connectivity index (χ2n) is 4.64. The smallest absolute Gasteiger partial charge is 0.412 e. The topological polar surface area (TPSA) is 68.3 Å². The fourth-order valence-corrected chi connectivity index (χ4v) is 1.49. The summed E-state index contributed by atoms with van der Waals surface area (Å²) in [7, 11) is 0. The molecular formula is C12H15ClN2O3. The fraction of sp³-hybridized carbons (Fsp3) is 0.417. The molecule has 1 heterocycles. The van der Waals surface area contributed by atoms with Crippen molar-refractivity contribution in [3.05, 3.63) is 23.5 Å². The van der Waals surface area contributed by atoms with Crippen LogP contribution in [0, 0.1) is 0 Å². The van der Waals surface area contributed by atoms with Crippen LogP contribution >= 0.6 is 11.6 Å². The Morgan fingerprint density at radius 1 is 1.50 bits per heavy atom. The first-order valence-corrected chi connectivity index (χ1v) is 5.89. The van der Waals surface area contributed by atoms with E-state index >= 15 is 0 Å². The van der Waals surface area contributed by atoms with Gasteiger partial charge in [0.15, 0.2) is 6.29 Å². The van der Waals surface area contributed by atoms with Crippen LogP contribution in [-0.4, -0.2) is 23.0 Å². The van der Waals surface area contributed by atoms with E-state index in [0.717, 1.165) is 0 Å². The van der Waals surface area contributed by atoms with E-state index in [9.17, 15) is 9.59 Å². The zero-order chi connectivity index (χ0) is 13.8. The number of halogens is 1. The number of aromatic nitrogens is 1. The monoisotopic (exact) mass is 270 g/mol. The second-order valence-corrected chi connectivity index (χ2v) is 4.91. The Morgan fingerprint density at radius 3 is 2.67 bits per heavy atom. The number of carbonyl (C=O) groups is 2. The minimum atomic E-state index is -0.640. The summed E-state index contributed by atoms with van der Waals surface area (Å²) < 4.78 is 5.09. The van der Waals surface area contributed by atoms with E-state index in [1.54, 1.807) is 20.8 Å². The van der Waals surface area contributed by atoms with Gasteiger partial charge in [-0.2, -0.15) is 0 Å². The Kier molecular flexibility index (Phi) is 4.67. The highest BCUT2D eigenvalue weighted by atomic mass is 35.5. The van der Waals surface area contributed by atoms with Crippen LogP contribution in [-0.2, 0) is 10.6 Å². The van der Waals surface area contributed by atoms with Crippen LogP contribution in [0.2, 0.25) is 0 Å². The van der Waals surface area contributed by atoms with Gasteiger partial charge in [-0.1, -0.05) is 0 Å². The van der Waals surface area contributed by atoms with Crippen molar-refractivity contribution >= 4 is 29.7 Å². The summed E-state index contributed by atoms with van der Waals surface area (Å²) in [5.41, 5.74) is 0.548. The van der Waals surface area contributed by atoms with Gasteiger partial charge in [-0.25, -0.2) is 4.79 Å². The molecule has 0 spiro atoms. The zero-order valence-corrected chi connectivity index (χ0v) is 11.2. The maximum absolute atomic E-state index is 11.6. The van der Waals surface area contributed by atoms with Crippen LogP contribution in [0.5, 0.6) is 0 Å². The molecule has 0 unspecified atom stereocenters. The molecule has 0 fully saturated rings. The average molecular weight is 271 g/mol. The number of alkyl halides is 1. The summed E-state index contributed by atoms with van der Waals surface area (Å²) in [6.07, 6.45) is 2.85. The summed E-state index contributed by atoms with van der Waals surface area (Å²) in [4.78, 5) is 26.5. The third-order valence-corrected chi connectivity index (χ3v) is 2.26. The Hall–Kier alpha value is -1.62. The van der Waals surface area contributed by atoms with Gasteiger partial charge in [-0.05, 0) is 26.3 Å². The molecule has 0 bridgehead atoms. The van der Waals surface area contributed by atoms with Crippen molar-refractivity contribution in [2.75, 3.05) is 5.32 Å². The summed E-state index contributed by atoms with van der Waals surface area (Å²) in [5.74, 6) is 0.144. The molecule has 0 radical (unpaired) electrons. The normalized spacial score (nSPS) is 10.9. The molecule has 1 aromatic rings. The number of amides is 1. The third kappa shape index (κ3) is 4.00. The largest absolute Gasteiger partial charge is 0.444 e. The van der Waals surface area contributed by atoms with Gasteiger partial charge < -0.3 is 4.74 Å². The Morgan fingerprint density at radius 2 is 2.17 bits per heavy atom. The SMILES string of the molecule is CC(C)(C)OC(=O)Nc1cncc(CCl)c1C=O. The number of hydrogen-bond donors (Lipinski definition) is 1. The number of anilines is 1. The molecule has 5 nitrogen and oxygen atoms in total. The number of ether oxygens (including phenoxy) is 1. The number of nitrogens with one attached hydrogen (secondary N) is 1. The molecule has 1 amide bonds. The van der Waals surface area contributed by atoms with E-state index in [-0.39, 0.29) is 11.6 Å². The third-order valence-electron chi connectivity index (χ3n) is 1.97. The van der Waals surface area contributed by atoms with Crippen LogP contribution in [0.25, 0.3) is 0 Å². The Labute approximate surface area is 110 Å². The van der Waals surface area contributed by atoms with Crippen molar-refractivity contribution < 1.29 is 14.3 Å². The lowest BCUT2D eigenvalue weighted by Gasteiger charge is -2.20. The summed E-state index contributed by atoms with van der Waals surface area (Å²) in [5, 5.41) is 2.48. The number of rotatable bonds is 3. The molecule has 1 aromatic heterocycles. The number of nitrogens with zero attached hydrogens (tertiary/aromatic N) is 1. The van der Waals surface area contributed by atoms with E-state index in [0.29, 0.717) is 17.4 Å². The minimum absolute atomic E-state index is 0.144. The quantitative estimate of drug-likeness (QED) is 0.677. The number of hydrogen-bond acceptors (Lipinski definition) is 4. The highest BCUT2D eigenvalue weighted by molar-refractivity contribution is 6.17. The van der Waals surface area contributed by atoms with E-state index in [1.807, 2.05) is 0 Å². The van der Waals surface area contributed by atoms with Crippen LogP contribution in [0.3, 0.4) is 0 Å². The second kappa shape index (κ2) is 5.82. The molecule has 1 N–H and O–H groups in total. The van der Waals surface area contributed by atoms with E-state index in [1.165, 1.54) is 12.4 Å². The van der Waals surface area contributed by atoms with E-state index in [4.69, 9.17) is 16.3 Å². The molecule has 0 saturated heterocycles. The van der Waals surface area contributed by atoms with E-state index < -0.39 is 11.7 Å². The Balaban J connectivity index is 2.91. The van der Waals surface area contributed by atoms with Crippen LogP contribution in [0.4, 0.5) is 10.5 Å². The standard InChI is InChI=1S/C12H15ClN2O3/c1-12(2,3)18-11(17)15-10-6-14-5-8(4-13)9(10)7-16/h5-7H,4H2,1-3H3,(H,15,17). The highest BCUT2D eigenvalue weighted by Crippen LogP contribution is 2.19. The van der Waals surface area contributed by atoms with Gasteiger partial charge >= 0.3 is 6.09 Å². The molecule has 0 atom stereocenters. The molecule has 0 aliphatic heterocycles. The summed E-state index contributed by atoms with van der Waals surface area (Å²) in [6.45, 7) is 5.25. The molecule has 1 rings (SSSR count). The summed E-state index contributed by atoms with van der Waals surface area (Å²) >= 11 is 5.68. The fourth-order valence-electron chi connectivity index (χ4n) is 1.27. The molecule has 98 valence electrons. The van der Waals surface area contributed by atoms with Gasteiger partial charge in [0.1, 0.15) is 5.60 Å². The van der Waals surface area contributed by atoms with Gasteiger partial charge in [0.05, 0.1) is 11.9 Å². The molecule has 0 saturated carbocycles. The number of pyridine rings is 1. The predicted molar refractivity (Wildman–Crippen MR) is 69.0 cm³/mol. The maximum atomic E-state index is 11.6. The molecule has 18 heavy (non-hydrogen) atoms. The van der Waals surface area contributed by atoms with Gasteiger partial charge in [-0.3, -0.25) is 15.1 Å². The summed E-state index contributed by atoms with van der Waals surface area (Å²) in [6, 6.07) is 0. The Bertz CT molecular complexity index is 455. The molecule has 6 heteroatoms. The first-order valence-electron chi connectivity index (χ1n) is 5.35. The highest BCUT2D eigenvalue weighted by Gasteiger charge is 2.18. The average Bonchev–Trinajstić information content (AvgIpc) is 2.25. The van der Waals surface area contributed by atoms with Gasteiger partial charge in [-0.15, -0.1) is 11.6 Å². The van der Waals surface area contributed by atoms with Crippen LogP contribution in [0.15, 0.2) is 12.4 Å². The molecule has 0 aromatic carbocycles. The lowest BCUT2D eigenvalue weighted by molar-refractivity contribution is 0.0636. The minimum Gasteiger partial charge on any atom is -0.444 e. The lowest BCUT2D eigenvalue weighted by atomic mass is 10.1. The van der Waals surface area contributed by atoms with Crippen LogP contribution < -0.4 is 5.32 Å². The van der Waals surface area contributed by atoms with Crippen LogP contribution in [0.1, 0.15) is 36.7 Å². The zero-order valence-electron chi connectivity index (χ0n) is 10.5. The first-order chi connectivity index (χ1) is 8.37. The van der Waals surface area contributed by atoms with Crippen molar-refractivity contribution in [2.24, 2.45) is 0 Å². The molecule has 0 aliphatic rings. The first kappa shape index (κ1) is 14.4.